The summed E-state index contributed by atoms with van der Waals surface area (Å²) in [6.45, 7) is 4.52. The van der Waals surface area contributed by atoms with Gasteiger partial charge in [0.1, 0.15) is 36.9 Å². The SMILES string of the molecule is CCC(COC(=O)/C(N)=C/C=C/N(C(C)=O)c1ccccc1)(COC(=O)/C(N)=C/C=C/N(C(C)=O)c1ccccc1)COC(=O)/C(N)=C/C=C/N(C(C)=O)c1ccccc1. The largest absolute Gasteiger partial charge is 0.460 e. The van der Waals surface area contributed by atoms with Gasteiger partial charge in [-0.25, -0.2) is 14.4 Å². The van der Waals surface area contributed by atoms with Gasteiger partial charge in [-0.05, 0) is 79.3 Å². The van der Waals surface area contributed by atoms with Crippen LogP contribution in [-0.2, 0) is 43.0 Å². The number of carbonyl (C=O) groups excluding carboxylic acids is 6. The molecule has 0 aliphatic heterocycles. The molecule has 0 spiro atoms. The molecule has 0 saturated carbocycles. The van der Waals surface area contributed by atoms with Gasteiger partial charge in [0, 0.05) is 56.4 Å². The van der Waals surface area contributed by atoms with Crippen molar-refractivity contribution < 1.29 is 43.0 Å². The van der Waals surface area contributed by atoms with Gasteiger partial charge in [-0.2, -0.15) is 0 Å². The predicted molar refractivity (Wildman–Crippen MR) is 229 cm³/mol. The van der Waals surface area contributed by atoms with Crippen LogP contribution >= 0.6 is 0 Å². The van der Waals surface area contributed by atoms with Gasteiger partial charge in [-0.3, -0.25) is 29.1 Å². The minimum Gasteiger partial charge on any atom is -0.460 e. The maximum Gasteiger partial charge on any atom is 0.354 e. The van der Waals surface area contributed by atoms with Crippen LogP contribution in [0.15, 0.2) is 163 Å². The second-order valence-corrected chi connectivity index (χ2v) is 13.1. The molecule has 15 heteroatoms. The summed E-state index contributed by atoms with van der Waals surface area (Å²) in [5.41, 5.74) is 17.6. The number of rotatable bonds is 19. The fraction of sp³-hybridized carbons (Fsp3) is 0.200. The molecule has 3 rings (SSSR count). The molecular formula is C45H50N6O9. The zero-order valence-corrected chi connectivity index (χ0v) is 33.9. The third kappa shape index (κ3) is 14.7. The number of nitrogens with two attached hydrogens (primary N) is 3. The Kier molecular flexibility index (Phi) is 18.3. The lowest BCUT2D eigenvalue weighted by atomic mass is 9.88. The zero-order chi connectivity index (χ0) is 44.1. The summed E-state index contributed by atoms with van der Waals surface area (Å²) in [6.07, 6.45) is 12.4. The average Bonchev–Trinajstić information content (AvgIpc) is 3.25. The Morgan fingerprint density at radius 3 is 0.950 bits per heavy atom. The lowest BCUT2D eigenvalue weighted by Gasteiger charge is -2.31. The highest BCUT2D eigenvalue weighted by Gasteiger charge is 2.35. The summed E-state index contributed by atoms with van der Waals surface area (Å²) < 4.78 is 16.6. The summed E-state index contributed by atoms with van der Waals surface area (Å²) in [5, 5.41) is 0. The molecule has 0 aliphatic rings. The van der Waals surface area contributed by atoms with Crippen LogP contribution in [0.1, 0.15) is 34.1 Å². The molecule has 3 aromatic carbocycles. The van der Waals surface area contributed by atoms with Crippen molar-refractivity contribution in [1.29, 1.82) is 0 Å². The number of amides is 3. The van der Waals surface area contributed by atoms with Crippen LogP contribution in [0.5, 0.6) is 0 Å². The van der Waals surface area contributed by atoms with Crippen LogP contribution in [-0.4, -0.2) is 55.5 Å². The zero-order valence-electron chi connectivity index (χ0n) is 33.9. The second-order valence-electron chi connectivity index (χ2n) is 13.1. The Bertz CT molecular complexity index is 1910. The van der Waals surface area contributed by atoms with E-state index in [-0.39, 0.29) is 41.2 Å². The van der Waals surface area contributed by atoms with E-state index in [9.17, 15) is 28.8 Å². The van der Waals surface area contributed by atoms with Crippen LogP contribution in [0.2, 0.25) is 0 Å². The summed E-state index contributed by atoms with van der Waals surface area (Å²) in [7, 11) is 0. The molecule has 0 fully saturated rings. The van der Waals surface area contributed by atoms with Crippen LogP contribution in [0, 0.1) is 5.41 Å². The number of hydrogen-bond acceptors (Lipinski definition) is 12. The van der Waals surface area contributed by atoms with Gasteiger partial charge < -0.3 is 31.4 Å². The van der Waals surface area contributed by atoms with E-state index in [1.165, 1.54) is 90.5 Å². The molecule has 0 aliphatic carbocycles. The number of anilines is 3. The van der Waals surface area contributed by atoms with Crippen molar-refractivity contribution in [3.63, 3.8) is 0 Å². The first kappa shape index (κ1) is 46.7. The Hall–Kier alpha value is -7.68. The number of hydrogen-bond donors (Lipinski definition) is 3. The first-order chi connectivity index (χ1) is 28.7. The van der Waals surface area contributed by atoms with Gasteiger partial charge in [0.2, 0.25) is 17.7 Å². The van der Waals surface area contributed by atoms with E-state index in [4.69, 9.17) is 31.4 Å². The molecule has 0 bridgehead atoms. The summed E-state index contributed by atoms with van der Waals surface area (Å²) in [4.78, 5) is 79.9. The summed E-state index contributed by atoms with van der Waals surface area (Å²) in [5.74, 6) is -3.67. The van der Waals surface area contributed by atoms with E-state index >= 15 is 0 Å². The van der Waals surface area contributed by atoms with Crippen LogP contribution in [0.3, 0.4) is 0 Å². The molecule has 15 nitrogen and oxygen atoms in total. The molecule has 60 heavy (non-hydrogen) atoms. The third-order valence-electron chi connectivity index (χ3n) is 8.64. The predicted octanol–water partition coefficient (Wildman–Crippen LogP) is 5.24. The maximum absolute atomic E-state index is 13.1. The summed E-state index contributed by atoms with van der Waals surface area (Å²) in [6, 6.07) is 26.4. The van der Waals surface area contributed by atoms with Crippen molar-refractivity contribution in [3.05, 3.63) is 163 Å². The monoisotopic (exact) mass is 818 g/mol. The van der Waals surface area contributed by atoms with Crippen LogP contribution < -0.4 is 31.9 Å². The highest BCUT2D eigenvalue weighted by atomic mass is 16.6. The smallest absolute Gasteiger partial charge is 0.354 e. The average molecular weight is 819 g/mol. The highest BCUT2D eigenvalue weighted by Crippen LogP contribution is 2.26. The molecule has 0 atom stereocenters. The van der Waals surface area contributed by atoms with Crippen molar-refractivity contribution in [2.75, 3.05) is 34.5 Å². The first-order valence-corrected chi connectivity index (χ1v) is 18.7. The molecule has 0 radical (unpaired) electrons. The maximum atomic E-state index is 13.1. The summed E-state index contributed by atoms with van der Waals surface area (Å²) >= 11 is 0. The van der Waals surface area contributed by atoms with Crippen molar-refractivity contribution in [1.82, 2.24) is 0 Å². The normalized spacial score (nSPS) is 12.3. The van der Waals surface area contributed by atoms with E-state index in [1.807, 2.05) is 0 Å². The van der Waals surface area contributed by atoms with Crippen molar-refractivity contribution in [3.8, 4) is 0 Å². The number of para-hydroxylation sites is 3. The number of benzene rings is 3. The molecular weight excluding hydrogens is 769 g/mol. The second kappa shape index (κ2) is 23.5. The van der Waals surface area contributed by atoms with Crippen LogP contribution in [0.25, 0.3) is 0 Å². The number of nitrogens with zero attached hydrogens (tertiary/aromatic N) is 3. The number of carbonyl (C=O) groups is 6. The highest BCUT2D eigenvalue weighted by molar-refractivity contribution is 5.95. The molecule has 0 aromatic heterocycles. The van der Waals surface area contributed by atoms with Gasteiger partial charge in [0.15, 0.2) is 0 Å². The van der Waals surface area contributed by atoms with E-state index in [0.717, 1.165) is 0 Å². The Morgan fingerprint density at radius 1 is 0.483 bits per heavy atom. The fourth-order valence-electron chi connectivity index (χ4n) is 5.12. The Labute approximate surface area is 349 Å². The van der Waals surface area contributed by atoms with Gasteiger partial charge in [-0.1, -0.05) is 61.5 Å². The molecule has 3 amide bonds. The van der Waals surface area contributed by atoms with Gasteiger partial charge in [0.25, 0.3) is 0 Å². The Morgan fingerprint density at radius 2 is 0.733 bits per heavy atom. The lowest BCUT2D eigenvalue weighted by Crippen LogP contribution is -2.40. The number of allylic oxidation sites excluding steroid dienone is 6. The topological polar surface area (TPSA) is 218 Å². The van der Waals surface area contributed by atoms with E-state index in [1.54, 1.807) is 97.9 Å². The van der Waals surface area contributed by atoms with E-state index in [0.29, 0.717) is 17.1 Å². The molecule has 6 N–H and O–H groups in total. The first-order valence-electron chi connectivity index (χ1n) is 18.7. The van der Waals surface area contributed by atoms with Gasteiger partial charge >= 0.3 is 17.9 Å². The molecule has 314 valence electrons. The standard InChI is InChI=1S/C45H50N6O9/c1-5-45(30-58-42(55)39(46)24-15-27-49(33(2)52)36-18-9-6-10-19-36,31-59-43(56)40(47)25-16-28-50(34(3)53)37-20-11-7-12-21-37)32-60-44(57)41(48)26-17-29-51(35(4)54)38-22-13-8-14-23-38/h6-29H,5,30-32,46-48H2,1-4H3/b27-15+,28-16+,29-17+,39-24-,40-25-,41-26-. The van der Waals surface area contributed by atoms with Crippen LogP contribution in [0.4, 0.5) is 17.1 Å². The number of esters is 3. The van der Waals surface area contributed by atoms with Gasteiger partial charge in [0.05, 0.1) is 5.41 Å². The lowest BCUT2D eigenvalue weighted by molar-refractivity contribution is -0.157. The third-order valence-corrected chi connectivity index (χ3v) is 8.64. The minimum absolute atomic E-state index is 0.150. The minimum atomic E-state index is -1.32. The Balaban J connectivity index is 1.79. The molecule has 0 unspecified atom stereocenters. The van der Waals surface area contributed by atoms with E-state index < -0.39 is 43.1 Å². The quantitative estimate of drug-likeness (QED) is 0.0613. The van der Waals surface area contributed by atoms with Crippen molar-refractivity contribution >= 4 is 52.7 Å². The molecule has 0 heterocycles. The van der Waals surface area contributed by atoms with Crippen molar-refractivity contribution in [2.45, 2.75) is 34.1 Å². The fourth-order valence-corrected chi connectivity index (χ4v) is 5.12. The van der Waals surface area contributed by atoms with Gasteiger partial charge in [-0.15, -0.1) is 0 Å². The molecule has 0 saturated heterocycles. The number of ether oxygens (including phenoxy) is 3. The van der Waals surface area contributed by atoms with E-state index in [2.05, 4.69) is 0 Å². The molecule has 3 aromatic rings. The van der Waals surface area contributed by atoms with Crippen molar-refractivity contribution in [2.24, 2.45) is 22.6 Å².